The van der Waals surface area contributed by atoms with E-state index < -0.39 is 0 Å². The lowest BCUT2D eigenvalue weighted by Gasteiger charge is -2.22. The molecule has 0 radical (unpaired) electrons. The Kier molecular flexibility index (Phi) is 5.23. The second-order valence-electron chi connectivity index (χ2n) is 7.56. The van der Waals surface area contributed by atoms with Gasteiger partial charge in [0.15, 0.2) is 0 Å². The number of likely N-dealkylation sites (tertiary alicyclic amines) is 1. The number of benzene rings is 1. The maximum atomic E-state index is 12.5. The van der Waals surface area contributed by atoms with E-state index in [0.717, 1.165) is 37.2 Å². The zero-order chi connectivity index (χ0) is 18.6. The minimum atomic E-state index is -0.131. The highest BCUT2D eigenvalue weighted by atomic mass is 16.2. The number of anilines is 1. The largest absolute Gasteiger partial charge is 0.342 e. The van der Waals surface area contributed by atoms with E-state index in [9.17, 15) is 9.59 Å². The van der Waals surface area contributed by atoms with Gasteiger partial charge in [-0.05, 0) is 18.4 Å². The van der Waals surface area contributed by atoms with Crippen molar-refractivity contribution in [2.45, 2.75) is 44.6 Å². The molecule has 142 valence electrons. The Bertz CT molecular complexity index is 841. The number of hydrogen-bond donors (Lipinski definition) is 1. The molecular weight excluding hydrogens is 340 g/mol. The van der Waals surface area contributed by atoms with Crippen molar-refractivity contribution in [2.24, 2.45) is 0 Å². The smallest absolute Gasteiger partial charge is 0.252 e. The topological polar surface area (TPSA) is 69.3 Å². The van der Waals surface area contributed by atoms with Gasteiger partial charge in [-0.3, -0.25) is 14.6 Å². The normalized spacial score (nSPS) is 20.7. The molecule has 1 N–H and O–H groups in total. The summed E-state index contributed by atoms with van der Waals surface area (Å²) in [7, 11) is 0. The van der Waals surface area contributed by atoms with Crippen LogP contribution in [0.1, 0.15) is 49.3 Å². The number of rotatable bonds is 4. The molecule has 2 fully saturated rings. The molecule has 0 bridgehead atoms. The van der Waals surface area contributed by atoms with Crippen LogP contribution in [0.2, 0.25) is 0 Å². The molecule has 2 aromatic rings. The molecule has 1 aromatic heterocycles. The Morgan fingerprint density at radius 2 is 1.78 bits per heavy atom. The Hall–Kier alpha value is -2.63. The maximum absolute atomic E-state index is 12.5. The van der Waals surface area contributed by atoms with Crippen molar-refractivity contribution < 1.29 is 4.79 Å². The summed E-state index contributed by atoms with van der Waals surface area (Å²) in [6.07, 6.45) is 5.13. The third-order valence-electron chi connectivity index (χ3n) is 5.50. The summed E-state index contributed by atoms with van der Waals surface area (Å²) in [4.78, 5) is 36.4. The summed E-state index contributed by atoms with van der Waals surface area (Å²) in [5.74, 6) is 0.768. The number of carbonyl (C=O) groups excluding carboxylic acids is 1. The number of hydrogen-bond acceptors (Lipinski definition) is 4. The molecule has 4 rings (SSSR count). The van der Waals surface area contributed by atoms with Gasteiger partial charge in [0.05, 0.1) is 5.69 Å². The molecule has 0 saturated carbocycles. The van der Waals surface area contributed by atoms with Crippen LogP contribution in [-0.2, 0) is 11.3 Å². The lowest BCUT2D eigenvalue weighted by molar-refractivity contribution is -0.128. The molecule has 1 aromatic carbocycles. The van der Waals surface area contributed by atoms with Crippen molar-refractivity contribution in [2.75, 3.05) is 24.5 Å². The molecule has 2 aliphatic heterocycles. The van der Waals surface area contributed by atoms with E-state index in [1.165, 1.54) is 12.8 Å². The van der Waals surface area contributed by atoms with Crippen molar-refractivity contribution in [3.63, 3.8) is 0 Å². The lowest BCUT2D eigenvalue weighted by atomic mass is 10.0. The van der Waals surface area contributed by atoms with Crippen LogP contribution in [0.25, 0.3) is 0 Å². The molecule has 0 aliphatic carbocycles. The molecule has 1 atom stereocenters. The van der Waals surface area contributed by atoms with E-state index in [-0.39, 0.29) is 17.4 Å². The quantitative estimate of drug-likeness (QED) is 0.903. The molecule has 27 heavy (non-hydrogen) atoms. The Balaban J connectivity index is 1.51. The molecule has 1 amide bonds. The number of nitrogens with zero attached hydrogens (tertiary/aromatic N) is 3. The van der Waals surface area contributed by atoms with E-state index >= 15 is 0 Å². The average molecular weight is 366 g/mol. The SMILES string of the molecule is O=C1C[C@@H](c2cc(=O)[nH]c(N3CCCCCC3)n2)CN1Cc1ccccc1. The fraction of sp³-hybridized carbons (Fsp3) is 0.476. The Morgan fingerprint density at radius 3 is 2.52 bits per heavy atom. The first-order chi connectivity index (χ1) is 13.2. The van der Waals surface area contributed by atoms with Gasteiger partial charge in [-0.1, -0.05) is 43.2 Å². The van der Waals surface area contributed by atoms with Gasteiger partial charge in [-0.2, -0.15) is 0 Å². The molecule has 2 saturated heterocycles. The first-order valence-electron chi connectivity index (χ1n) is 9.87. The molecule has 3 heterocycles. The number of nitrogens with one attached hydrogen (secondary N) is 1. The van der Waals surface area contributed by atoms with Gasteiger partial charge < -0.3 is 9.80 Å². The molecule has 6 heteroatoms. The van der Waals surface area contributed by atoms with E-state index in [1.54, 1.807) is 6.07 Å². The number of amides is 1. The summed E-state index contributed by atoms with van der Waals surface area (Å²) >= 11 is 0. The molecule has 0 unspecified atom stereocenters. The zero-order valence-corrected chi connectivity index (χ0v) is 15.6. The predicted octanol–water partition coefficient (Wildman–Crippen LogP) is 2.67. The second-order valence-corrected chi connectivity index (χ2v) is 7.56. The highest BCUT2D eigenvalue weighted by Gasteiger charge is 2.32. The van der Waals surface area contributed by atoms with Gasteiger partial charge in [0.25, 0.3) is 5.56 Å². The van der Waals surface area contributed by atoms with E-state index in [2.05, 4.69) is 9.88 Å². The first-order valence-corrected chi connectivity index (χ1v) is 9.87. The lowest BCUT2D eigenvalue weighted by Crippen LogP contribution is -2.29. The van der Waals surface area contributed by atoms with Crippen molar-refractivity contribution >= 4 is 11.9 Å². The van der Waals surface area contributed by atoms with Gasteiger partial charge >= 0.3 is 0 Å². The highest BCUT2D eigenvalue weighted by Crippen LogP contribution is 2.28. The van der Waals surface area contributed by atoms with E-state index in [4.69, 9.17) is 4.98 Å². The third-order valence-corrected chi connectivity index (χ3v) is 5.50. The van der Waals surface area contributed by atoms with Crippen molar-refractivity contribution in [1.82, 2.24) is 14.9 Å². The summed E-state index contributed by atoms with van der Waals surface area (Å²) in [5.41, 5.74) is 1.73. The highest BCUT2D eigenvalue weighted by molar-refractivity contribution is 5.79. The standard InChI is InChI=1S/C21H26N4O2/c26-19-13-18(22-21(23-19)24-10-6-1-2-7-11-24)17-12-20(27)25(15-17)14-16-8-4-3-5-9-16/h3-5,8-9,13,17H,1-2,6-7,10-12,14-15H2,(H,22,23,26)/t17-/m1/s1. The van der Waals surface area contributed by atoms with Crippen molar-refractivity contribution in [3.05, 3.63) is 58.0 Å². The van der Waals surface area contributed by atoms with Crippen LogP contribution in [0.5, 0.6) is 0 Å². The average Bonchev–Trinajstić information content (AvgIpc) is 2.87. The van der Waals surface area contributed by atoms with Crippen LogP contribution in [0.15, 0.2) is 41.2 Å². The molecule has 0 spiro atoms. The molecular formula is C21H26N4O2. The number of aromatic amines is 1. The summed E-state index contributed by atoms with van der Waals surface area (Å²) < 4.78 is 0. The third kappa shape index (κ3) is 4.21. The van der Waals surface area contributed by atoms with Crippen molar-refractivity contribution in [1.29, 1.82) is 0 Å². The van der Waals surface area contributed by atoms with Crippen LogP contribution in [0, 0.1) is 0 Å². The zero-order valence-electron chi connectivity index (χ0n) is 15.6. The van der Waals surface area contributed by atoms with Gasteiger partial charge in [-0.15, -0.1) is 0 Å². The predicted molar refractivity (Wildman–Crippen MR) is 105 cm³/mol. The first kappa shape index (κ1) is 17.8. The molecule has 6 nitrogen and oxygen atoms in total. The Morgan fingerprint density at radius 1 is 1.04 bits per heavy atom. The van der Waals surface area contributed by atoms with Gasteiger partial charge in [0.1, 0.15) is 0 Å². The van der Waals surface area contributed by atoms with Crippen LogP contribution >= 0.6 is 0 Å². The summed E-state index contributed by atoms with van der Waals surface area (Å²) in [6, 6.07) is 11.6. The number of H-pyrrole nitrogens is 1. The monoisotopic (exact) mass is 366 g/mol. The minimum Gasteiger partial charge on any atom is -0.342 e. The molecule has 2 aliphatic rings. The van der Waals surface area contributed by atoms with Gasteiger partial charge in [0.2, 0.25) is 11.9 Å². The number of carbonyl (C=O) groups is 1. The fourth-order valence-corrected chi connectivity index (χ4v) is 4.03. The van der Waals surface area contributed by atoms with Gasteiger partial charge in [0, 0.05) is 44.6 Å². The second kappa shape index (κ2) is 7.94. The van der Waals surface area contributed by atoms with Crippen LogP contribution < -0.4 is 10.5 Å². The van der Waals surface area contributed by atoms with Crippen LogP contribution in [-0.4, -0.2) is 40.4 Å². The number of aromatic nitrogens is 2. The minimum absolute atomic E-state index is 0.0192. The maximum Gasteiger partial charge on any atom is 0.252 e. The van der Waals surface area contributed by atoms with E-state index in [1.807, 2.05) is 35.2 Å². The van der Waals surface area contributed by atoms with Gasteiger partial charge in [-0.25, -0.2) is 4.98 Å². The van der Waals surface area contributed by atoms with Crippen LogP contribution in [0.4, 0.5) is 5.95 Å². The fourth-order valence-electron chi connectivity index (χ4n) is 4.03. The van der Waals surface area contributed by atoms with Crippen molar-refractivity contribution in [3.8, 4) is 0 Å². The summed E-state index contributed by atoms with van der Waals surface area (Å²) in [5, 5.41) is 0. The Labute approximate surface area is 159 Å². The van der Waals surface area contributed by atoms with Crippen LogP contribution in [0.3, 0.4) is 0 Å². The summed E-state index contributed by atoms with van der Waals surface area (Å²) in [6.45, 7) is 3.08. The van der Waals surface area contributed by atoms with E-state index in [0.29, 0.717) is 25.5 Å².